The van der Waals surface area contributed by atoms with Crippen molar-refractivity contribution in [3.05, 3.63) is 0 Å². The largest absolute Gasteiger partial charge is 0.479 e. The third-order valence-electron chi connectivity index (χ3n) is 3.36. The summed E-state index contributed by atoms with van der Waals surface area (Å²) in [5, 5.41) is 38.2. The van der Waals surface area contributed by atoms with Gasteiger partial charge < -0.3 is 29.9 Å². The predicted molar refractivity (Wildman–Crippen MR) is 73.7 cm³/mol. The number of hydrogen-bond acceptors (Lipinski definition) is 7. The van der Waals surface area contributed by atoms with E-state index in [4.69, 9.17) is 22.8 Å². The van der Waals surface area contributed by atoms with Crippen molar-refractivity contribution in [1.29, 1.82) is 0 Å². The summed E-state index contributed by atoms with van der Waals surface area (Å²) < 4.78 is 53.0. The van der Waals surface area contributed by atoms with Gasteiger partial charge in [0.05, 0.1) is 5.92 Å². The first-order valence-electron chi connectivity index (χ1n) is 9.75. The molecule has 5 atom stereocenters. The number of aliphatic hydroxyl groups excluding tert-OH is 3. The van der Waals surface area contributed by atoms with Gasteiger partial charge in [-0.15, -0.1) is 0 Å². The Balaban J connectivity index is 2.87. The number of aliphatic carboxylic acids is 1. The Morgan fingerprint density at radius 2 is 1.73 bits per heavy atom. The van der Waals surface area contributed by atoms with Gasteiger partial charge in [0.2, 0.25) is 6.29 Å². The maximum atomic E-state index is 12.4. The second-order valence-electron chi connectivity index (χ2n) is 4.95. The molecule has 8 heteroatoms. The van der Waals surface area contributed by atoms with Crippen LogP contribution in [0.1, 0.15) is 47.6 Å². The van der Waals surface area contributed by atoms with Gasteiger partial charge in [0.1, 0.15) is 18.3 Å². The summed E-state index contributed by atoms with van der Waals surface area (Å²) in [6.45, 7) is -4.73. The molecule has 1 heterocycles. The van der Waals surface area contributed by atoms with E-state index in [1.165, 1.54) is 0 Å². The van der Waals surface area contributed by atoms with Crippen molar-refractivity contribution in [3.8, 4) is 0 Å². The summed E-state index contributed by atoms with van der Waals surface area (Å²) in [4.78, 5) is 23.4. The fraction of sp³-hybridized carbons (Fsp3) is 0.857. The van der Waals surface area contributed by atoms with E-state index < -0.39 is 75.1 Å². The second-order valence-corrected chi connectivity index (χ2v) is 4.95. The quantitative estimate of drug-likeness (QED) is 0.466. The van der Waals surface area contributed by atoms with Crippen LogP contribution in [-0.4, -0.2) is 63.1 Å². The fourth-order valence-electron chi connectivity index (χ4n) is 2.09. The van der Waals surface area contributed by atoms with Crippen molar-refractivity contribution < 1.29 is 47.7 Å². The zero-order valence-corrected chi connectivity index (χ0v) is 11.7. The first kappa shape index (κ1) is 11.3. The molecule has 128 valence electrons. The molecular formula is C14H24O8. The maximum Gasteiger partial charge on any atom is 0.335 e. The normalized spacial score (nSPS) is 37.2. The Morgan fingerprint density at radius 1 is 1.14 bits per heavy atom. The number of carbonyl (C=O) groups excluding carboxylic acids is 1. The number of ether oxygens (including phenoxy) is 2. The molecule has 1 rings (SSSR count). The smallest absolute Gasteiger partial charge is 0.335 e. The van der Waals surface area contributed by atoms with E-state index in [-0.39, 0.29) is 12.8 Å². The zero-order valence-electron chi connectivity index (χ0n) is 17.7. The lowest BCUT2D eigenvalue weighted by atomic mass is 9.97. The minimum absolute atomic E-state index is 0.234. The van der Waals surface area contributed by atoms with Gasteiger partial charge in [0.25, 0.3) is 0 Å². The molecule has 1 saturated heterocycles. The third kappa shape index (κ3) is 4.39. The highest BCUT2D eigenvalue weighted by Gasteiger charge is 2.48. The van der Waals surface area contributed by atoms with E-state index in [0.717, 1.165) is 0 Å². The molecule has 0 bridgehead atoms. The van der Waals surface area contributed by atoms with Gasteiger partial charge in [-0.3, -0.25) is 4.79 Å². The first-order valence-corrected chi connectivity index (χ1v) is 6.75. The van der Waals surface area contributed by atoms with Gasteiger partial charge in [-0.2, -0.15) is 0 Å². The molecule has 5 unspecified atom stereocenters. The van der Waals surface area contributed by atoms with E-state index in [0.29, 0.717) is 0 Å². The van der Waals surface area contributed by atoms with Crippen LogP contribution in [0, 0.1) is 5.92 Å². The molecule has 1 fully saturated rings. The van der Waals surface area contributed by atoms with Crippen LogP contribution in [-0.2, 0) is 19.1 Å². The molecule has 0 amide bonds. The highest BCUT2D eigenvalue weighted by Crippen LogP contribution is 2.24. The molecule has 8 nitrogen and oxygen atoms in total. The van der Waals surface area contributed by atoms with E-state index >= 15 is 0 Å². The van der Waals surface area contributed by atoms with Crippen LogP contribution in [0.15, 0.2) is 0 Å². The lowest BCUT2D eigenvalue weighted by Gasteiger charge is -2.38. The summed E-state index contributed by atoms with van der Waals surface area (Å²) in [6, 6.07) is 0. The summed E-state index contributed by atoms with van der Waals surface area (Å²) >= 11 is 0. The van der Waals surface area contributed by atoms with Crippen molar-refractivity contribution in [1.82, 2.24) is 0 Å². The van der Waals surface area contributed by atoms with E-state index in [9.17, 15) is 24.9 Å². The van der Waals surface area contributed by atoms with Crippen LogP contribution in [0.2, 0.25) is 0 Å². The Kier molecular flexibility index (Phi) is 4.34. The highest BCUT2D eigenvalue weighted by molar-refractivity contribution is 5.74. The number of rotatable bonds is 7. The Labute approximate surface area is 137 Å². The van der Waals surface area contributed by atoms with Crippen LogP contribution in [0.3, 0.4) is 0 Å². The Bertz CT molecular complexity index is 533. The van der Waals surface area contributed by atoms with Gasteiger partial charge >= 0.3 is 11.9 Å². The topological polar surface area (TPSA) is 134 Å². The number of carbonyl (C=O) groups is 2. The van der Waals surface area contributed by atoms with Crippen molar-refractivity contribution in [2.24, 2.45) is 5.92 Å². The average Bonchev–Trinajstić information content (AvgIpc) is 2.52. The van der Waals surface area contributed by atoms with Gasteiger partial charge in [-0.1, -0.05) is 26.5 Å². The molecule has 0 radical (unpaired) electrons. The number of aliphatic hydroxyl groups is 3. The summed E-state index contributed by atoms with van der Waals surface area (Å²) in [7, 11) is 0. The van der Waals surface area contributed by atoms with E-state index in [1.54, 1.807) is 0 Å². The van der Waals surface area contributed by atoms with Crippen LogP contribution in [0.25, 0.3) is 0 Å². The van der Waals surface area contributed by atoms with Gasteiger partial charge in [-0.05, 0) is 12.8 Å². The Hall–Kier alpha value is -1.22. The molecule has 0 aromatic rings. The van der Waals surface area contributed by atoms with E-state index in [1.807, 2.05) is 0 Å². The number of carboxylic acids is 1. The molecule has 0 aromatic carbocycles. The molecule has 0 saturated carbocycles. The standard InChI is InChI=1S/C14H24O8/c1-3-5-7(6-4-2)13(20)22-14-10(17)8(15)9(16)11(21-14)12(18)19/h7-11,14-17H,3-6H2,1-2H3,(H,18,19)/i1D3,2D3. The number of esters is 1. The van der Waals surface area contributed by atoms with Crippen LogP contribution < -0.4 is 0 Å². The Morgan fingerprint density at radius 3 is 2.23 bits per heavy atom. The first-order chi connectivity index (χ1) is 12.6. The van der Waals surface area contributed by atoms with Crippen molar-refractivity contribution in [3.63, 3.8) is 0 Å². The molecule has 1 aliphatic rings. The van der Waals surface area contributed by atoms with Gasteiger partial charge in [0, 0.05) is 8.22 Å². The monoisotopic (exact) mass is 326 g/mol. The molecule has 0 spiro atoms. The molecular weight excluding hydrogens is 296 g/mol. The van der Waals surface area contributed by atoms with Crippen molar-refractivity contribution >= 4 is 11.9 Å². The number of hydrogen-bond donors (Lipinski definition) is 4. The molecule has 0 aromatic heterocycles. The van der Waals surface area contributed by atoms with E-state index in [2.05, 4.69) is 0 Å². The molecule has 4 N–H and O–H groups in total. The second kappa shape index (κ2) is 8.42. The SMILES string of the molecule is [2H]C([2H])([2H])CCC(CCC([2H])([2H])[2H])C(=O)OC1OC(C(=O)O)C(O)C(O)C1O. The third-order valence-corrected chi connectivity index (χ3v) is 3.36. The fourth-order valence-corrected chi connectivity index (χ4v) is 2.09. The molecule has 0 aliphatic carbocycles. The van der Waals surface area contributed by atoms with Gasteiger partial charge in [0.15, 0.2) is 6.10 Å². The minimum atomic E-state index is -2.37. The van der Waals surface area contributed by atoms with Crippen molar-refractivity contribution in [2.45, 2.75) is 70.1 Å². The molecule has 22 heavy (non-hydrogen) atoms. The van der Waals surface area contributed by atoms with Crippen LogP contribution >= 0.6 is 0 Å². The minimum Gasteiger partial charge on any atom is -0.479 e. The summed E-state index contributed by atoms with van der Waals surface area (Å²) in [6.07, 6.45) is -11.1. The lowest BCUT2D eigenvalue weighted by molar-refractivity contribution is -0.287. The maximum absolute atomic E-state index is 12.4. The van der Waals surface area contributed by atoms with Crippen LogP contribution in [0.4, 0.5) is 0 Å². The summed E-state index contributed by atoms with van der Waals surface area (Å²) in [5.74, 6) is -3.94. The lowest BCUT2D eigenvalue weighted by Crippen LogP contribution is -2.60. The zero-order chi connectivity index (χ0) is 21.9. The predicted octanol–water partition coefficient (Wildman–Crippen LogP) is -0.362. The average molecular weight is 326 g/mol. The van der Waals surface area contributed by atoms with Gasteiger partial charge in [-0.25, -0.2) is 4.79 Å². The van der Waals surface area contributed by atoms with Crippen molar-refractivity contribution in [2.75, 3.05) is 0 Å². The van der Waals surface area contributed by atoms with Crippen LogP contribution in [0.5, 0.6) is 0 Å². The number of carboxylic acid groups (broad SMARTS) is 1. The summed E-state index contributed by atoms with van der Waals surface area (Å²) in [5.41, 5.74) is 0. The molecule has 1 aliphatic heterocycles. The highest BCUT2D eigenvalue weighted by atomic mass is 16.7.